The van der Waals surface area contributed by atoms with Crippen LogP contribution in [0.2, 0.25) is 0 Å². The van der Waals surface area contributed by atoms with Crippen LogP contribution < -0.4 is 10.1 Å². The smallest absolute Gasteiger partial charge is 0.357 e. The van der Waals surface area contributed by atoms with Gasteiger partial charge in [-0.1, -0.05) is 20.3 Å². The van der Waals surface area contributed by atoms with Gasteiger partial charge in [0.25, 0.3) is 0 Å². The minimum Gasteiger partial charge on any atom is -0.416 e. The molecule has 11 heteroatoms. The predicted molar refractivity (Wildman–Crippen MR) is 110 cm³/mol. The summed E-state index contributed by atoms with van der Waals surface area (Å²) in [5.41, 5.74) is 0. The van der Waals surface area contributed by atoms with Crippen LogP contribution in [0.4, 0.5) is 27.8 Å². The van der Waals surface area contributed by atoms with Crippen molar-refractivity contribution in [3.63, 3.8) is 0 Å². The Morgan fingerprint density at radius 1 is 1.03 bits per heavy atom. The van der Waals surface area contributed by atoms with E-state index in [9.17, 15) is 26.7 Å². The van der Waals surface area contributed by atoms with Crippen LogP contribution in [0.3, 0.4) is 0 Å². The third-order valence-corrected chi connectivity index (χ3v) is 6.06. The number of likely N-dealkylation sites (tertiary alicyclic amines) is 1. The molecular weight excluding hydrogens is 453 g/mol. The average molecular weight is 477 g/mol. The van der Waals surface area contributed by atoms with Crippen LogP contribution >= 0.6 is 11.3 Å². The van der Waals surface area contributed by atoms with Gasteiger partial charge in [-0.15, -0.1) is 11.3 Å². The molecule has 1 aromatic carbocycles. The SMILES string of the molecule is CC(C)CCNc1nc(CN2CCCCC2)sc1C(=O)Oc1c(F)c(F)c(F)c(F)c1F. The number of rotatable bonds is 8. The van der Waals surface area contributed by atoms with E-state index in [-0.39, 0.29) is 10.7 Å². The summed E-state index contributed by atoms with van der Waals surface area (Å²) in [5.74, 6) is -13.4. The third-order valence-electron chi connectivity index (χ3n) is 5.04. The molecule has 1 N–H and O–H groups in total. The Hall–Kier alpha value is -2.27. The molecule has 0 atom stereocenters. The molecule has 5 nitrogen and oxygen atoms in total. The van der Waals surface area contributed by atoms with Crippen molar-refractivity contribution in [2.24, 2.45) is 5.92 Å². The fraction of sp³-hybridized carbons (Fsp3) is 0.524. The molecule has 0 bridgehead atoms. The maximum Gasteiger partial charge on any atom is 0.357 e. The number of esters is 1. The van der Waals surface area contributed by atoms with Crippen LogP contribution in [-0.4, -0.2) is 35.5 Å². The molecule has 1 saturated heterocycles. The van der Waals surface area contributed by atoms with Gasteiger partial charge in [-0.25, -0.2) is 22.9 Å². The van der Waals surface area contributed by atoms with Gasteiger partial charge in [0, 0.05) is 6.54 Å². The molecule has 0 unspecified atom stereocenters. The van der Waals surface area contributed by atoms with Gasteiger partial charge < -0.3 is 10.1 Å². The zero-order valence-corrected chi connectivity index (χ0v) is 18.6. The van der Waals surface area contributed by atoms with Gasteiger partial charge in [0.15, 0.2) is 10.7 Å². The Morgan fingerprint density at radius 3 is 2.22 bits per heavy atom. The molecule has 0 spiro atoms. The summed E-state index contributed by atoms with van der Waals surface area (Å²) in [5, 5.41) is 3.60. The van der Waals surface area contributed by atoms with Crippen LogP contribution in [0.25, 0.3) is 0 Å². The Kier molecular flexibility index (Phi) is 8.05. The third kappa shape index (κ3) is 5.55. The summed E-state index contributed by atoms with van der Waals surface area (Å²) >= 11 is 0.966. The van der Waals surface area contributed by atoms with Crippen molar-refractivity contribution in [1.29, 1.82) is 0 Å². The number of hydrogen-bond acceptors (Lipinski definition) is 6. The van der Waals surface area contributed by atoms with Gasteiger partial charge in [-0.05, 0) is 38.3 Å². The molecule has 32 heavy (non-hydrogen) atoms. The van der Waals surface area contributed by atoms with Crippen molar-refractivity contribution in [3.05, 3.63) is 39.0 Å². The summed E-state index contributed by atoms with van der Waals surface area (Å²) in [6.07, 6.45) is 4.03. The fourth-order valence-corrected chi connectivity index (χ4v) is 4.25. The number of carbonyl (C=O) groups excluding carboxylic acids is 1. The zero-order valence-electron chi connectivity index (χ0n) is 17.7. The normalized spacial score (nSPS) is 14.8. The molecule has 0 aliphatic carbocycles. The van der Waals surface area contributed by atoms with Crippen LogP contribution in [0.15, 0.2) is 0 Å². The number of piperidine rings is 1. The van der Waals surface area contributed by atoms with Crippen LogP contribution in [-0.2, 0) is 6.54 Å². The van der Waals surface area contributed by atoms with Gasteiger partial charge in [-0.3, -0.25) is 4.90 Å². The number of ether oxygens (including phenoxy) is 1. The Balaban J connectivity index is 1.86. The molecule has 1 fully saturated rings. The lowest BCUT2D eigenvalue weighted by Crippen LogP contribution is -2.29. The highest BCUT2D eigenvalue weighted by molar-refractivity contribution is 7.14. The first-order chi connectivity index (χ1) is 15.2. The molecule has 0 radical (unpaired) electrons. The summed E-state index contributed by atoms with van der Waals surface area (Å²) in [6, 6.07) is 0. The Labute approximate surface area is 186 Å². The fourth-order valence-electron chi connectivity index (χ4n) is 3.29. The minimum absolute atomic E-state index is 0.0929. The molecule has 1 aliphatic rings. The maximum atomic E-state index is 14.0. The van der Waals surface area contributed by atoms with Crippen molar-refractivity contribution in [1.82, 2.24) is 9.88 Å². The molecule has 0 saturated carbocycles. The van der Waals surface area contributed by atoms with E-state index in [0.717, 1.165) is 50.1 Å². The maximum absolute atomic E-state index is 14.0. The minimum atomic E-state index is -2.32. The Morgan fingerprint density at radius 2 is 1.62 bits per heavy atom. The molecule has 176 valence electrons. The highest BCUT2D eigenvalue weighted by Gasteiger charge is 2.30. The van der Waals surface area contributed by atoms with E-state index < -0.39 is 40.8 Å². The molecule has 1 aliphatic heterocycles. The molecule has 1 aromatic heterocycles. The number of hydrogen-bond donors (Lipinski definition) is 1. The average Bonchev–Trinajstić information content (AvgIpc) is 3.16. The first-order valence-corrected chi connectivity index (χ1v) is 11.2. The van der Waals surface area contributed by atoms with E-state index >= 15 is 0 Å². The van der Waals surface area contributed by atoms with E-state index in [0.29, 0.717) is 24.0 Å². The number of nitrogens with zero attached hydrogens (tertiary/aromatic N) is 2. The van der Waals surface area contributed by atoms with Crippen LogP contribution in [0, 0.1) is 35.0 Å². The quantitative estimate of drug-likeness (QED) is 0.179. The number of aromatic nitrogens is 1. The second kappa shape index (κ2) is 10.6. The number of nitrogens with one attached hydrogen (secondary N) is 1. The number of halogens is 5. The largest absolute Gasteiger partial charge is 0.416 e. The van der Waals surface area contributed by atoms with E-state index in [1.54, 1.807) is 0 Å². The lowest BCUT2D eigenvalue weighted by atomic mass is 10.1. The highest BCUT2D eigenvalue weighted by Crippen LogP contribution is 2.32. The summed E-state index contributed by atoms with van der Waals surface area (Å²) < 4.78 is 72.7. The van der Waals surface area contributed by atoms with Crippen LogP contribution in [0.5, 0.6) is 5.75 Å². The topological polar surface area (TPSA) is 54.5 Å². The molecule has 2 heterocycles. The number of benzene rings is 1. The predicted octanol–water partition coefficient (Wildman–Crippen LogP) is 5.50. The van der Waals surface area contributed by atoms with E-state index in [1.807, 2.05) is 13.8 Å². The van der Waals surface area contributed by atoms with Crippen LogP contribution in [0.1, 0.15) is 54.2 Å². The second-order valence-electron chi connectivity index (χ2n) is 8.02. The molecule has 0 amide bonds. The standard InChI is InChI=1S/C21H24F5N3O2S/c1-11(2)6-7-27-20-19(32-12(28-20)10-29-8-4-3-5-9-29)21(30)31-18-16(25)14(23)13(22)15(24)17(18)26/h11,27H,3-10H2,1-2H3. The van der Waals surface area contributed by atoms with Crippen molar-refractivity contribution in [2.45, 2.75) is 46.1 Å². The second-order valence-corrected chi connectivity index (χ2v) is 9.10. The molecule has 2 aromatic rings. The van der Waals surface area contributed by atoms with Gasteiger partial charge in [0.05, 0.1) is 6.54 Å². The zero-order chi connectivity index (χ0) is 23.4. The lowest BCUT2D eigenvalue weighted by Gasteiger charge is -2.25. The summed E-state index contributed by atoms with van der Waals surface area (Å²) in [6.45, 7) is 6.78. The van der Waals surface area contributed by atoms with Crippen molar-refractivity contribution in [2.75, 3.05) is 25.0 Å². The summed E-state index contributed by atoms with van der Waals surface area (Å²) in [7, 11) is 0. The summed E-state index contributed by atoms with van der Waals surface area (Å²) in [4.78, 5) is 19.2. The molecular formula is C21H24F5N3O2S. The first kappa shape index (κ1) is 24.4. The molecule has 3 rings (SSSR count). The Bertz CT molecular complexity index is 948. The van der Waals surface area contributed by atoms with Crippen molar-refractivity contribution in [3.8, 4) is 5.75 Å². The monoisotopic (exact) mass is 477 g/mol. The van der Waals surface area contributed by atoms with E-state index in [1.165, 1.54) is 0 Å². The van der Waals surface area contributed by atoms with Gasteiger partial charge >= 0.3 is 5.97 Å². The van der Waals surface area contributed by atoms with Gasteiger partial charge in [0.2, 0.25) is 34.8 Å². The van der Waals surface area contributed by atoms with Crippen molar-refractivity contribution >= 4 is 23.1 Å². The highest BCUT2D eigenvalue weighted by atomic mass is 32.1. The van der Waals surface area contributed by atoms with Crippen molar-refractivity contribution < 1.29 is 31.5 Å². The van der Waals surface area contributed by atoms with E-state index in [4.69, 9.17) is 0 Å². The lowest BCUT2D eigenvalue weighted by molar-refractivity contribution is 0.0722. The number of thiazole rings is 1. The van der Waals surface area contributed by atoms with E-state index in [2.05, 4.69) is 19.9 Å². The number of carbonyl (C=O) groups is 1. The van der Waals surface area contributed by atoms with Gasteiger partial charge in [0.1, 0.15) is 5.01 Å². The number of anilines is 1. The first-order valence-electron chi connectivity index (χ1n) is 10.4. The van der Waals surface area contributed by atoms with Gasteiger partial charge in [-0.2, -0.15) is 8.78 Å².